The van der Waals surface area contributed by atoms with E-state index in [9.17, 15) is 9.59 Å². The fourth-order valence-corrected chi connectivity index (χ4v) is 4.13. The lowest BCUT2D eigenvalue weighted by Crippen LogP contribution is -2.42. The molecule has 1 aliphatic rings. The molecule has 2 N–H and O–H groups in total. The van der Waals surface area contributed by atoms with Gasteiger partial charge in [0.1, 0.15) is 0 Å². The van der Waals surface area contributed by atoms with Gasteiger partial charge in [-0.1, -0.05) is 60.7 Å². The van der Waals surface area contributed by atoms with E-state index >= 15 is 0 Å². The Morgan fingerprint density at radius 3 is 2.16 bits per heavy atom. The van der Waals surface area contributed by atoms with Gasteiger partial charge in [-0.3, -0.25) is 9.59 Å². The van der Waals surface area contributed by atoms with Crippen molar-refractivity contribution in [1.29, 1.82) is 0 Å². The monoisotopic (exact) mass is 437 g/mol. The molecule has 0 spiro atoms. The lowest BCUT2D eigenvalue weighted by Gasteiger charge is -2.31. The van der Waals surface area contributed by atoms with Crippen LogP contribution in [0.25, 0.3) is 0 Å². The lowest BCUT2D eigenvalue weighted by atomic mass is 9.95. The molecule has 0 saturated carbocycles. The van der Waals surface area contributed by atoms with Gasteiger partial charge in [-0.25, -0.2) is 0 Å². The number of carbonyl (C=O) groups excluding carboxylic acids is 2. The van der Waals surface area contributed by atoms with Crippen molar-refractivity contribution in [3.8, 4) is 0 Å². The number of benzene rings is 2. The Labute approximate surface area is 191 Å². The molecule has 3 rings (SSSR count). The molecule has 1 saturated heterocycles. The molecule has 1 fully saturated rings. The number of nitrogens with zero attached hydrogens (tertiary/aromatic N) is 1. The van der Waals surface area contributed by atoms with Gasteiger partial charge in [0.2, 0.25) is 11.8 Å². The quantitative estimate of drug-likeness (QED) is 0.530. The van der Waals surface area contributed by atoms with Crippen molar-refractivity contribution >= 4 is 11.8 Å². The number of nitrogens with one attached hydrogen (secondary N) is 2. The maximum atomic E-state index is 12.8. The van der Waals surface area contributed by atoms with E-state index in [1.165, 1.54) is 0 Å². The molecule has 2 aromatic rings. The molecule has 1 aliphatic heterocycles. The minimum absolute atomic E-state index is 0.0423. The van der Waals surface area contributed by atoms with Crippen molar-refractivity contribution in [3.05, 3.63) is 71.8 Å². The molecule has 0 radical (unpaired) electrons. The van der Waals surface area contributed by atoms with Crippen molar-refractivity contribution in [2.45, 2.75) is 31.7 Å². The summed E-state index contributed by atoms with van der Waals surface area (Å²) in [6.45, 7) is 3.74. The third-order valence-corrected chi connectivity index (χ3v) is 6.01. The highest BCUT2D eigenvalue weighted by atomic mass is 16.5. The van der Waals surface area contributed by atoms with E-state index in [2.05, 4.69) is 15.5 Å². The number of ether oxygens (including phenoxy) is 1. The zero-order valence-corrected chi connectivity index (χ0v) is 19.0. The number of hydrogen-bond donors (Lipinski definition) is 2. The van der Waals surface area contributed by atoms with E-state index in [1.807, 2.05) is 60.7 Å². The summed E-state index contributed by atoms with van der Waals surface area (Å²) in [6, 6.07) is 20.0. The summed E-state index contributed by atoms with van der Waals surface area (Å²) < 4.78 is 5.01. The van der Waals surface area contributed by atoms with Crippen molar-refractivity contribution in [2.24, 2.45) is 5.92 Å². The number of piperidine rings is 1. The molecule has 1 heterocycles. The highest BCUT2D eigenvalue weighted by molar-refractivity contribution is 5.79. The van der Waals surface area contributed by atoms with Gasteiger partial charge in [0, 0.05) is 39.1 Å². The molecule has 0 atom stereocenters. The van der Waals surface area contributed by atoms with Crippen LogP contribution < -0.4 is 10.6 Å². The average molecular weight is 438 g/mol. The minimum atomic E-state index is -0.155. The predicted molar refractivity (Wildman–Crippen MR) is 126 cm³/mol. The molecule has 32 heavy (non-hydrogen) atoms. The second-order valence-corrected chi connectivity index (χ2v) is 8.33. The third kappa shape index (κ3) is 7.46. The first-order valence-corrected chi connectivity index (χ1v) is 11.6. The molecule has 0 unspecified atom stereocenters. The fourth-order valence-electron chi connectivity index (χ4n) is 4.13. The minimum Gasteiger partial charge on any atom is -0.385 e. The molecule has 2 amide bonds. The normalized spacial score (nSPS) is 14.9. The van der Waals surface area contributed by atoms with E-state index in [-0.39, 0.29) is 23.8 Å². The van der Waals surface area contributed by atoms with Gasteiger partial charge in [-0.15, -0.1) is 0 Å². The summed E-state index contributed by atoms with van der Waals surface area (Å²) >= 11 is 0. The first kappa shape index (κ1) is 24.0. The van der Waals surface area contributed by atoms with Crippen LogP contribution in [0.4, 0.5) is 0 Å². The van der Waals surface area contributed by atoms with Crippen LogP contribution in [-0.2, 0) is 14.3 Å². The maximum Gasteiger partial charge on any atom is 0.223 e. The molecule has 2 aromatic carbocycles. The van der Waals surface area contributed by atoms with Gasteiger partial charge in [-0.05, 0) is 43.5 Å². The predicted octanol–water partition coefficient (Wildman–Crippen LogP) is 3.15. The molecular weight excluding hydrogens is 402 g/mol. The zero-order valence-electron chi connectivity index (χ0n) is 19.0. The largest absolute Gasteiger partial charge is 0.385 e. The van der Waals surface area contributed by atoms with Crippen molar-refractivity contribution in [1.82, 2.24) is 15.5 Å². The van der Waals surface area contributed by atoms with Gasteiger partial charge < -0.3 is 20.3 Å². The third-order valence-electron chi connectivity index (χ3n) is 6.01. The standard InChI is InChI=1S/C26H35N3O3/c1-32-20-8-16-27-26(31)23-13-17-29(18-14-23)19-15-24(30)28-25(21-9-4-2-5-10-21)22-11-6-3-7-12-22/h2-7,9-12,23,25H,8,13-20H2,1H3,(H,27,31)(H,28,30). The first-order chi connectivity index (χ1) is 15.7. The second kappa shape index (κ2) is 13.0. The van der Waals surface area contributed by atoms with E-state index in [1.54, 1.807) is 7.11 Å². The Bertz CT molecular complexity index is 781. The Morgan fingerprint density at radius 2 is 1.59 bits per heavy atom. The summed E-state index contributed by atoms with van der Waals surface area (Å²) in [5, 5.41) is 6.21. The lowest BCUT2D eigenvalue weighted by molar-refractivity contribution is -0.127. The maximum absolute atomic E-state index is 12.8. The van der Waals surface area contributed by atoms with Crippen molar-refractivity contribution < 1.29 is 14.3 Å². The van der Waals surface area contributed by atoms with Gasteiger partial charge in [0.25, 0.3) is 0 Å². The zero-order chi connectivity index (χ0) is 22.6. The van der Waals surface area contributed by atoms with Crippen LogP contribution in [0.3, 0.4) is 0 Å². The van der Waals surface area contributed by atoms with Crippen LogP contribution in [0.2, 0.25) is 0 Å². The molecule has 172 valence electrons. The van der Waals surface area contributed by atoms with E-state index in [0.29, 0.717) is 26.1 Å². The molecule has 0 bridgehead atoms. The molecule has 6 heteroatoms. The van der Waals surface area contributed by atoms with E-state index < -0.39 is 0 Å². The average Bonchev–Trinajstić information content (AvgIpc) is 2.85. The molecular formula is C26H35N3O3. The number of hydrogen-bond acceptors (Lipinski definition) is 4. The van der Waals surface area contributed by atoms with Gasteiger partial charge in [0.15, 0.2) is 0 Å². The summed E-state index contributed by atoms with van der Waals surface area (Å²) in [5.41, 5.74) is 2.15. The molecule has 6 nitrogen and oxygen atoms in total. The highest BCUT2D eigenvalue weighted by Crippen LogP contribution is 2.22. The summed E-state index contributed by atoms with van der Waals surface area (Å²) in [6.07, 6.45) is 2.97. The van der Waals surface area contributed by atoms with Crippen LogP contribution in [0, 0.1) is 5.92 Å². The number of amides is 2. The number of carbonyl (C=O) groups is 2. The second-order valence-electron chi connectivity index (χ2n) is 8.33. The highest BCUT2D eigenvalue weighted by Gasteiger charge is 2.25. The van der Waals surface area contributed by atoms with Gasteiger partial charge in [-0.2, -0.15) is 0 Å². The summed E-state index contributed by atoms with van der Waals surface area (Å²) in [4.78, 5) is 27.4. The number of rotatable bonds is 11. The number of likely N-dealkylation sites (tertiary alicyclic amines) is 1. The van der Waals surface area contributed by atoms with Crippen LogP contribution in [0.1, 0.15) is 42.9 Å². The topological polar surface area (TPSA) is 70.7 Å². The van der Waals surface area contributed by atoms with Crippen LogP contribution in [0.15, 0.2) is 60.7 Å². The molecule has 0 aromatic heterocycles. The van der Waals surface area contributed by atoms with Crippen molar-refractivity contribution in [3.63, 3.8) is 0 Å². The van der Waals surface area contributed by atoms with Crippen LogP contribution in [0.5, 0.6) is 0 Å². The Morgan fingerprint density at radius 1 is 1.00 bits per heavy atom. The van der Waals surface area contributed by atoms with Gasteiger partial charge >= 0.3 is 0 Å². The summed E-state index contributed by atoms with van der Waals surface area (Å²) in [5.74, 6) is 0.260. The fraction of sp³-hybridized carbons (Fsp3) is 0.462. The van der Waals surface area contributed by atoms with Gasteiger partial charge in [0.05, 0.1) is 6.04 Å². The Hall–Kier alpha value is -2.70. The van der Waals surface area contributed by atoms with Crippen molar-refractivity contribution in [2.75, 3.05) is 39.9 Å². The summed E-state index contributed by atoms with van der Waals surface area (Å²) in [7, 11) is 1.67. The van der Waals surface area contributed by atoms with E-state index in [0.717, 1.165) is 43.5 Å². The number of methoxy groups -OCH3 is 1. The van der Waals surface area contributed by atoms with Crippen LogP contribution >= 0.6 is 0 Å². The first-order valence-electron chi connectivity index (χ1n) is 11.6. The molecule has 0 aliphatic carbocycles. The van der Waals surface area contributed by atoms with E-state index in [4.69, 9.17) is 4.74 Å². The SMILES string of the molecule is COCCCNC(=O)C1CCN(CCC(=O)NC(c2ccccc2)c2ccccc2)CC1. The smallest absolute Gasteiger partial charge is 0.223 e. The Balaban J connectivity index is 1.44. The Kier molecular flexibility index (Phi) is 9.72. The van der Waals surface area contributed by atoms with Crippen LogP contribution in [-0.4, -0.2) is 56.6 Å².